The number of rotatable bonds is 8. The molecule has 0 spiro atoms. The molecule has 1 rings (SSSR count). The summed E-state index contributed by atoms with van der Waals surface area (Å²) in [6.45, 7) is 2.42. The molecule has 5 nitrogen and oxygen atoms in total. The van der Waals surface area contributed by atoms with E-state index in [9.17, 15) is 4.79 Å². The number of aryl methyl sites for hydroxylation is 1. The molecule has 0 fully saturated rings. The molecule has 1 amide bonds. The summed E-state index contributed by atoms with van der Waals surface area (Å²) < 4.78 is 15.5. The van der Waals surface area contributed by atoms with E-state index in [0.717, 1.165) is 17.1 Å². The fraction of sp³-hybridized carbons (Fsp3) is 0.533. The number of carbonyl (C=O) groups is 1. The number of nitrogens with one attached hydrogen (secondary N) is 1. The number of amides is 1. The molecule has 0 radical (unpaired) electrons. The van der Waals surface area contributed by atoms with Crippen LogP contribution < -0.4 is 14.8 Å². The van der Waals surface area contributed by atoms with Gasteiger partial charge < -0.3 is 19.5 Å². The van der Waals surface area contributed by atoms with Gasteiger partial charge in [-0.3, -0.25) is 4.79 Å². The molecular formula is C15H23NO4. The van der Waals surface area contributed by atoms with Gasteiger partial charge in [0.25, 0.3) is 0 Å². The topological polar surface area (TPSA) is 56.8 Å². The van der Waals surface area contributed by atoms with Gasteiger partial charge in [0.1, 0.15) is 11.5 Å². The van der Waals surface area contributed by atoms with E-state index in [2.05, 4.69) is 5.32 Å². The van der Waals surface area contributed by atoms with E-state index in [-0.39, 0.29) is 11.9 Å². The minimum atomic E-state index is -0.000534. The molecule has 0 aromatic heterocycles. The Morgan fingerprint density at radius 3 is 2.60 bits per heavy atom. The number of hydrogen-bond donors (Lipinski definition) is 1. The van der Waals surface area contributed by atoms with Crippen LogP contribution in [-0.2, 0) is 16.0 Å². The van der Waals surface area contributed by atoms with Crippen molar-refractivity contribution in [1.29, 1.82) is 0 Å². The van der Waals surface area contributed by atoms with Crippen molar-refractivity contribution in [2.24, 2.45) is 0 Å². The standard InChI is InChI=1S/C15H23NO4/c1-11(10-18-2)16-15(17)8-5-12-9-13(19-3)6-7-14(12)20-4/h6-7,9,11H,5,8,10H2,1-4H3,(H,16,17). The van der Waals surface area contributed by atoms with Crippen molar-refractivity contribution >= 4 is 5.91 Å². The first-order valence-electron chi connectivity index (χ1n) is 6.60. The second-order valence-electron chi connectivity index (χ2n) is 4.60. The highest BCUT2D eigenvalue weighted by molar-refractivity contribution is 5.76. The third kappa shape index (κ3) is 5.09. The molecule has 20 heavy (non-hydrogen) atoms. The molecule has 1 N–H and O–H groups in total. The average molecular weight is 281 g/mol. The van der Waals surface area contributed by atoms with Crippen LogP contribution in [0.2, 0.25) is 0 Å². The first kappa shape index (κ1) is 16.3. The lowest BCUT2D eigenvalue weighted by atomic mass is 10.1. The maximum absolute atomic E-state index is 11.8. The zero-order chi connectivity index (χ0) is 15.0. The highest BCUT2D eigenvalue weighted by Crippen LogP contribution is 2.25. The zero-order valence-corrected chi connectivity index (χ0v) is 12.6. The molecule has 0 aliphatic heterocycles. The van der Waals surface area contributed by atoms with Crippen molar-refractivity contribution in [3.8, 4) is 11.5 Å². The van der Waals surface area contributed by atoms with Crippen LogP contribution in [0.25, 0.3) is 0 Å². The second-order valence-corrected chi connectivity index (χ2v) is 4.60. The Balaban J connectivity index is 2.57. The number of benzene rings is 1. The summed E-state index contributed by atoms with van der Waals surface area (Å²) in [4.78, 5) is 11.8. The molecule has 0 aliphatic rings. The molecule has 0 bridgehead atoms. The van der Waals surface area contributed by atoms with Gasteiger partial charge in [0.2, 0.25) is 5.91 Å². The summed E-state index contributed by atoms with van der Waals surface area (Å²) in [5.74, 6) is 1.52. The molecule has 0 aliphatic carbocycles. The average Bonchev–Trinajstić information content (AvgIpc) is 2.44. The third-order valence-corrected chi connectivity index (χ3v) is 2.93. The van der Waals surface area contributed by atoms with Crippen molar-refractivity contribution in [1.82, 2.24) is 5.32 Å². The van der Waals surface area contributed by atoms with Gasteiger partial charge in [-0.05, 0) is 37.1 Å². The molecule has 1 atom stereocenters. The smallest absolute Gasteiger partial charge is 0.220 e. The Hall–Kier alpha value is -1.75. The van der Waals surface area contributed by atoms with Crippen molar-refractivity contribution in [2.75, 3.05) is 27.9 Å². The molecule has 112 valence electrons. The summed E-state index contributed by atoms with van der Waals surface area (Å²) in [5.41, 5.74) is 0.960. The number of carbonyl (C=O) groups excluding carboxylic acids is 1. The number of ether oxygens (including phenoxy) is 3. The van der Waals surface area contributed by atoms with E-state index in [1.165, 1.54) is 0 Å². The minimum absolute atomic E-state index is 0.000534. The van der Waals surface area contributed by atoms with Crippen LogP contribution >= 0.6 is 0 Å². The van der Waals surface area contributed by atoms with E-state index in [4.69, 9.17) is 14.2 Å². The van der Waals surface area contributed by atoms with Gasteiger partial charge in [-0.2, -0.15) is 0 Å². The largest absolute Gasteiger partial charge is 0.497 e. The molecule has 1 aromatic rings. The third-order valence-electron chi connectivity index (χ3n) is 2.93. The highest BCUT2D eigenvalue weighted by Gasteiger charge is 2.10. The van der Waals surface area contributed by atoms with Crippen LogP contribution in [-0.4, -0.2) is 39.9 Å². The Kier molecular flexibility index (Phi) is 6.87. The lowest BCUT2D eigenvalue weighted by molar-refractivity contribution is -0.122. The fourth-order valence-corrected chi connectivity index (χ4v) is 1.96. The molecule has 1 aromatic carbocycles. The summed E-state index contributed by atoms with van der Waals surface area (Å²) in [7, 11) is 4.85. The first-order chi connectivity index (χ1) is 9.60. The molecule has 5 heteroatoms. The van der Waals surface area contributed by atoms with Crippen molar-refractivity contribution in [3.63, 3.8) is 0 Å². The maximum atomic E-state index is 11.8. The summed E-state index contributed by atoms with van der Waals surface area (Å²) >= 11 is 0. The predicted molar refractivity (Wildman–Crippen MR) is 77.3 cm³/mol. The normalized spacial score (nSPS) is 11.8. The maximum Gasteiger partial charge on any atom is 0.220 e. The van der Waals surface area contributed by atoms with E-state index in [0.29, 0.717) is 19.4 Å². The van der Waals surface area contributed by atoms with Gasteiger partial charge in [-0.25, -0.2) is 0 Å². The van der Waals surface area contributed by atoms with E-state index in [1.807, 2.05) is 25.1 Å². The molecule has 1 unspecified atom stereocenters. The van der Waals surface area contributed by atoms with Crippen LogP contribution in [0.1, 0.15) is 18.9 Å². The van der Waals surface area contributed by atoms with Gasteiger partial charge in [0.15, 0.2) is 0 Å². The number of hydrogen-bond acceptors (Lipinski definition) is 4. The minimum Gasteiger partial charge on any atom is -0.497 e. The monoisotopic (exact) mass is 281 g/mol. The van der Waals surface area contributed by atoms with Gasteiger partial charge in [0.05, 0.1) is 20.8 Å². The van der Waals surface area contributed by atoms with Gasteiger partial charge >= 0.3 is 0 Å². The lowest BCUT2D eigenvalue weighted by Crippen LogP contribution is -2.35. The highest BCUT2D eigenvalue weighted by atomic mass is 16.5. The fourth-order valence-electron chi connectivity index (χ4n) is 1.96. The Morgan fingerprint density at radius 1 is 1.25 bits per heavy atom. The van der Waals surface area contributed by atoms with E-state index >= 15 is 0 Å². The van der Waals surface area contributed by atoms with Crippen LogP contribution in [0.4, 0.5) is 0 Å². The van der Waals surface area contributed by atoms with Crippen molar-refractivity contribution in [3.05, 3.63) is 23.8 Å². The molecular weight excluding hydrogens is 258 g/mol. The van der Waals surface area contributed by atoms with E-state index in [1.54, 1.807) is 21.3 Å². The van der Waals surface area contributed by atoms with Crippen molar-refractivity contribution < 1.29 is 19.0 Å². The molecule has 0 saturated heterocycles. The van der Waals surface area contributed by atoms with Crippen LogP contribution in [0, 0.1) is 0 Å². The number of methoxy groups -OCH3 is 3. The Morgan fingerprint density at radius 2 is 2.00 bits per heavy atom. The molecule has 0 saturated carbocycles. The predicted octanol–water partition coefficient (Wildman–Crippen LogP) is 1.79. The summed E-state index contributed by atoms with van der Waals surface area (Å²) in [5, 5.41) is 2.88. The summed E-state index contributed by atoms with van der Waals surface area (Å²) in [6.07, 6.45) is 1.00. The van der Waals surface area contributed by atoms with Crippen molar-refractivity contribution in [2.45, 2.75) is 25.8 Å². The van der Waals surface area contributed by atoms with Crippen LogP contribution in [0.5, 0.6) is 11.5 Å². The molecule has 0 heterocycles. The van der Waals surface area contributed by atoms with Crippen LogP contribution in [0.3, 0.4) is 0 Å². The van der Waals surface area contributed by atoms with Crippen LogP contribution in [0.15, 0.2) is 18.2 Å². The lowest BCUT2D eigenvalue weighted by Gasteiger charge is -2.13. The Labute approximate surface area is 120 Å². The summed E-state index contributed by atoms with van der Waals surface area (Å²) in [6, 6.07) is 5.59. The second kappa shape index (κ2) is 8.43. The Bertz CT molecular complexity index is 434. The SMILES string of the molecule is COCC(C)NC(=O)CCc1cc(OC)ccc1OC. The quantitative estimate of drug-likeness (QED) is 0.789. The van der Waals surface area contributed by atoms with E-state index < -0.39 is 0 Å². The van der Waals surface area contributed by atoms with Gasteiger partial charge in [0, 0.05) is 19.6 Å². The first-order valence-corrected chi connectivity index (χ1v) is 6.60. The van der Waals surface area contributed by atoms with Gasteiger partial charge in [-0.15, -0.1) is 0 Å². The van der Waals surface area contributed by atoms with Gasteiger partial charge in [-0.1, -0.05) is 0 Å². The zero-order valence-electron chi connectivity index (χ0n) is 12.6.